The van der Waals surface area contributed by atoms with Gasteiger partial charge in [0, 0.05) is 34.0 Å². The van der Waals surface area contributed by atoms with Crippen LogP contribution in [0, 0.1) is 5.16 Å². The summed E-state index contributed by atoms with van der Waals surface area (Å²) in [5, 5.41) is 7.79. The Bertz CT molecular complexity index is 543. The maximum absolute atomic E-state index is 7.79. The van der Waals surface area contributed by atoms with Gasteiger partial charge in [-0.05, 0) is 4.21 Å². The smallest absolute Gasteiger partial charge is 0.320 e. The van der Waals surface area contributed by atoms with Gasteiger partial charge in [-0.15, -0.1) is 4.52 Å². The Morgan fingerprint density at radius 1 is 1.00 bits per heavy atom. The van der Waals surface area contributed by atoms with Crippen LogP contribution in [0.1, 0.15) is 0 Å². The Labute approximate surface area is 131 Å². The summed E-state index contributed by atoms with van der Waals surface area (Å²) in [5.41, 5.74) is 19.8. The van der Waals surface area contributed by atoms with Crippen molar-refractivity contribution >= 4 is 31.3 Å². The average molecular weight is 399 g/mol. The van der Waals surface area contributed by atoms with Gasteiger partial charge in [0.25, 0.3) is 7.58 Å². The highest BCUT2D eigenvalue weighted by molar-refractivity contribution is 7.71. The van der Waals surface area contributed by atoms with Gasteiger partial charge in [0.15, 0.2) is 0 Å². The van der Waals surface area contributed by atoms with Crippen LogP contribution in [0.15, 0.2) is 9.03 Å². The summed E-state index contributed by atoms with van der Waals surface area (Å²) in [6.07, 6.45) is 0. The molecule has 0 saturated heterocycles. The van der Waals surface area contributed by atoms with Crippen molar-refractivity contribution in [1.82, 2.24) is 5.59 Å². The fraction of sp³-hybridized carbons (Fsp3) is 1.00. The Balaban J connectivity index is 6.35. The first-order valence-electron chi connectivity index (χ1n) is 5.40. The molecule has 8 N–H and O–H groups in total. The highest BCUT2D eigenvalue weighted by Crippen LogP contribution is 2.66. The molecule has 0 rings (SSSR count). The maximum atomic E-state index is 7.79. The highest BCUT2D eigenvalue weighted by Gasteiger charge is 2.37. The van der Waals surface area contributed by atoms with Crippen molar-refractivity contribution in [3.05, 3.63) is 0 Å². The SMILES string of the molecule is CON[N+](=PN)P(N)(=NP(=NP(=N)(N)OC)(OC)OC)OC. The van der Waals surface area contributed by atoms with Crippen LogP contribution in [0.5, 0.6) is 0 Å². The lowest BCUT2D eigenvalue weighted by Crippen LogP contribution is -2.26. The van der Waals surface area contributed by atoms with E-state index in [-0.39, 0.29) is 8.52 Å². The van der Waals surface area contributed by atoms with Crippen LogP contribution in [-0.2, 0) is 22.9 Å². The zero-order valence-electron chi connectivity index (χ0n) is 12.9. The molecule has 0 heterocycles. The average Bonchev–Trinajstić information content (AvgIpc) is 2.51. The summed E-state index contributed by atoms with van der Waals surface area (Å²) in [5.74, 6) is 0. The zero-order valence-corrected chi connectivity index (χ0v) is 16.5. The molecule has 0 spiro atoms. The predicted octanol–water partition coefficient (Wildman–Crippen LogP) is 1.99. The monoisotopic (exact) mass is 399 g/mol. The molecule has 0 bridgehead atoms. The fourth-order valence-corrected chi connectivity index (χ4v) is 7.92. The molecule has 0 aliphatic carbocycles. The minimum absolute atomic E-state index is 0.169. The molecule has 0 amide bonds. The van der Waals surface area contributed by atoms with E-state index in [1.165, 1.54) is 39.8 Å². The Morgan fingerprint density at radius 2 is 1.55 bits per heavy atom. The Morgan fingerprint density at radius 3 is 1.86 bits per heavy atom. The standard InChI is InChI=1S/C5H22N8O5P4/c1-14-10-13(19-6)21(9,16-3)12-22(17-4,18-5)11-20(7,8)15-2/h6,10H,9H2,1-5H3,(H3,7,8)/p+1. The van der Waals surface area contributed by atoms with Crippen molar-refractivity contribution in [2.75, 3.05) is 35.5 Å². The van der Waals surface area contributed by atoms with Gasteiger partial charge in [-0.1, -0.05) is 0 Å². The van der Waals surface area contributed by atoms with E-state index in [0.717, 1.165) is 0 Å². The first-order valence-corrected chi connectivity index (χ1v) is 11.3. The summed E-state index contributed by atoms with van der Waals surface area (Å²) in [6.45, 7) is 0. The second kappa shape index (κ2) is 9.66. The summed E-state index contributed by atoms with van der Waals surface area (Å²) in [7, 11) is -3.21. The van der Waals surface area contributed by atoms with Crippen molar-refractivity contribution in [3.8, 4) is 0 Å². The van der Waals surface area contributed by atoms with Crippen molar-refractivity contribution in [1.29, 1.82) is 5.16 Å². The van der Waals surface area contributed by atoms with Crippen LogP contribution in [-0.4, -0.2) is 39.8 Å². The topological polar surface area (TPSA) is 188 Å². The predicted molar refractivity (Wildman–Crippen MR) is 86.3 cm³/mol. The molecule has 2 unspecified atom stereocenters. The number of nitrogens with zero attached hydrogens (tertiary/aromatic N) is 3. The summed E-state index contributed by atoms with van der Waals surface area (Å²) < 4.78 is 29.9. The van der Waals surface area contributed by atoms with Gasteiger partial charge in [0.1, 0.15) is 0 Å². The number of hydrogen-bond acceptors (Lipinski definition) is 6. The van der Waals surface area contributed by atoms with Gasteiger partial charge in [0.05, 0.1) is 7.11 Å². The molecular formula is C5H23N8O5P4+. The third-order valence-electron chi connectivity index (χ3n) is 2.06. The largest absolute Gasteiger partial charge is 0.452 e. The van der Waals surface area contributed by atoms with E-state index in [1.54, 1.807) is 0 Å². The molecule has 0 aromatic rings. The lowest BCUT2D eigenvalue weighted by atomic mass is 11.7. The van der Waals surface area contributed by atoms with Gasteiger partial charge in [-0.25, -0.2) is 11.0 Å². The number of nitrogens with one attached hydrogen (secondary N) is 2. The van der Waals surface area contributed by atoms with Crippen molar-refractivity contribution < 1.29 is 27.1 Å². The molecule has 0 aliphatic rings. The van der Waals surface area contributed by atoms with Crippen LogP contribution in [0.4, 0.5) is 0 Å². The molecule has 2 atom stereocenters. The van der Waals surface area contributed by atoms with E-state index in [0.29, 0.717) is 0 Å². The van der Waals surface area contributed by atoms with Gasteiger partial charge in [0.2, 0.25) is 0 Å². The molecule has 0 saturated carbocycles. The van der Waals surface area contributed by atoms with Gasteiger partial charge >= 0.3 is 23.8 Å². The maximum Gasteiger partial charge on any atom is 0.452 e. The molecule has 132 valence electrons. The third-order valence-corrected chi connectivity index (χ3v) is 10.0. The minimum Gasteiger partial charge on any atom is -0.320 e. The summed E-state index contributed by atoms with van der Waals surface area (Å²) >= 11 is 0. The number of hydrazine groups is 1. The van der Waals surface area contributed by atoms with E-state index in [4.69, 9.17) is 44.6 Å². The first-order chi connectivity index (χ1) is 10.2. The van der Waals surface area contributed by atoms with Gasteiger partial charge < -0.3 is 13.6 Å². The highest BCUT2D eigenvalue weighted by atomic mass is 31.3. The van der Waals surface area contributed by atoms with E-state index in [9.17, 15) is 0 Å². The minimum atomic E-state index is -3.36. The van der Waals surface area contributed by atoms with Crippen LogP contribution in [0.3, 0.4) is 0 Å². The number of rotatable bonds is 9. The van der Waals surface area contributed by atoms with E-state index >= 15 is 0 Å². The van der Waals surface area contributed by atoms with Gasteiger partial charge in [-0.2, -0.15) is 4.52 Å². The summed E-state index contributed by atoms with van der Waals surface area (Å²) in [6, 6.07) is 0. The third kappa shape index (κ3) is 6.14. The molecular weight excluding hydrogens is 376 g/mol. The Hall–Kier alpha value is 0.430. The quantitative estimate of drug-likeness (QED) is 0.285. The molecule has 0 fully saturated rings. The van der Waals surface area contributed by atoms with Crippen molar-refractivity contribution in [2.45, 2.75) is 0 Å². The van der Waals surface area contributed by atoms with E-state index in [2.05, 4.69) is 14.6 Å². The van der Waals surface area contributed by atoms with E-state index < -0.39 is 22.8 Å². The lowest BCUT2D eigenvalue weighted by molar-refractivity contribution is -0.502. The summed E-state index contributed by atoms with van der Waals surface area (Å²) in [4.78, 5) is 4.76. The molecule has 17 heteroatoms. The second-order valence-corrected chi connectivity index (χ2v) is 11.0. The van der Waals surface area contributed by atoms with Crippen LogP contribution in [0.25, 0.3) is 0 Å². The van der Waals surface area contributed by atoms with Crippen molar-refractivity contribution in [3.63, 3.8) is 0 Å². The number of hydrogen-bond donors (Lipinski definition) is 5. The lowest BCUT2D eigenvalue weighted by Gasteiger charge is -2.21. The normalized spacial score (nSPS) is 18.5. The number of nitrogens with two attached hydrogens (primary N) is 3. The van der Waals surface area contributed by atoms with Crippen LogP contribution < -0.4 is 22.1 Å². The van der Waals surface area contributed by atoms with Crippen LogP contribution >= 0.6 is 31.3 Å². The van der Waals surface area contributed by atoms with Gasteiger partial charge in [-0.3, -0.25) is 20.0 Å². The fourth-order valence-electron chi connectivity index (χ4n) is 0.994. The first kappa shape index (κ1) is 22.4. The molecule has 0 radical (unpaired) electrons. The molecule has 22 heavy (non-hydrogen) atoms. The molecule has 0 aromatic carbocycles. The molecule has 13 nitrogen and oxygen atoms in total. The molecule has 0 aromatic heterocycles. The van der Waals surface area contributed by atoms with Crippen molar-refractivity contribution in [2.24, 2.45) is 25.5 Å². The van der Waals surface area contributed by atoms with Crippen LogP contribution in [0.2, 0.25) is 0 Å². The second-order valence-electron chi connectivity index (χ2n) is 3.31. The zero-order chi connectivity index (χ0) is 17.4. The Kier molecular flexibility index (Phi) is 9.85. The van der Waals surface area contributed by atoms with E-state index in [1.807, 2.05) is 0 Å². The molecule has 0 aliphatic heterocycles.